The topological polar surface area (TPSA) is 29.1 Å². The Morgan fingerprint density at radius 1 is 1.73 bits per heavy atom. The second-order valence-electron chi connectivity index (χ2n) is 2.99. The Labute approximate surface area is 92.7 Å². The Morgan fingerprint density at radius 2 is 2.36 bits per heavy atom. The van der Waals surface area contributed by atoms with Gasteiger partial charge in [-0.05, 0) is 18.5 Å². The van der Waals surface area contributed by atoms with Gasteiger partial charge in [0.1, 0.15) is 0 Å². The number of hydrogen-bond acceptors (Lipinski definition) is 2. The number of rotatable bonds is 1. The molecule has 0 spiro atoms. The van der Waals surface area contributed by atoms with Crippen LogP contribution >= 0.6 is 0 Å². The van der Waals surface area contributed by atoms with Gasteiger partial charge in [0.05, 0.1) is 0 Å². The van der Waals surface area contributed by atoms with Crippen LogP contribution in [0.1, 0.15) is 20.3 Å². The van der Waals surface area contributed by atoms with E-state index >= 15 is 0 Å². The minimum atomic E-state index is -0.464. The van der Waals surface area contributed by atoms with E-state index in [9.17, 15) is 4.79 Å². The third-order valence-electron chi connectivity index (χ3n) is 2.19. The van der Waals surface area contributed by atoms with E-state index in [2.05, 4.69) is 5.32 Å². The van der Waals surface area contributed by atoms with Crippen LogP contribution in [0.4, 0.5) is 0 Å². The Hall–Kier alpha value is 0.314. The van der Waals surface area contributed by atoms with Gasteiger partial charge in [0, 0.05) is 32.7 Å². The van der Waals surface area contributed by atoms with Crippen LogP contribution in [0.3, 0.4) is 0 Å². The van der Waals surface area contributed by atoms with E-state index < -0.39 is 5.54 Å². The third-order valence-corrected chi connectivity index (χ3v) is 2.19. The van der Waals surface area contributed by atoms with Gasteiger partial charge in [0.15, 0.2) is 0 Å². The van der Waals surface area contributed by atoms with Gasteiger partial charge in [0.25, 0.3) is 0 Å². The summed E-state index contributed by atoms with van der Waals surface area (Å²) < 4.78 is 0. The fourth-order valence-electron chi connectivity index (χ4n) is 1.01. The first-order chi connectivity index (χ1) is 4.69. The van der Waals surface area contributed by atoms with Crippen molar-refractivity contribution < 1.29 is 37.5 Å². The third kappa shape index (κ3) is 2.38. The van der Waals surface area contributed by atoms with Crippen molar-refractivity contribution in [3.8, 4) is 0 Å². The molecule has 0 aromatic carbocycles. The molecule has 0 fully saturated rings. The first kappa shape index (κ1) is 11.3. The Balaban J connectivity index is 0.000001000. The van der Waals surface area contributed by atoms with Crippen LogP contribution in [-0.4, -0.2) is 11.8 Å². The van der Waals surface area contributed by atoms with Crippen molar-refractivity contribution in [3.63, 3.8) is 0 Å². The maximum atomic E-state index is 10.5. The normalized spacial score (nSPS) is 35.3. The molecule has 0 aliphatic carbocycles. The van der Waals surface area contributed by atoms with Gasteiger partial charge in [-0.25, -0.2) is 6.29 Å². The molecule has 1 N–H and O–H groups in total. The average Bonchev–Trinajstić information content (AvgIpc) is 1.96. The van der Waals surface area contributed by atoms with E-state index in [1.807, 2.05) is 32.4 Å². The van der Waals surface area contributed by atoms with Gasteiger partial charge >= 0.3 is 0 Å². The summed E-state index contributed by atoms with van der Waals surface area (Å²) in [6.45, 7) is 3.91. The minimum Gasteiger partial charge on any atom is -0.540 e. The maximum absolute atomic E-state index is 10.5. The van der Waals surface area contributed by atoms with E-state index in [0.717, 1.165) is 6.42 Å². The molecular formula is C8H12NOY-. The predicted octanol–water partition coefficient (Wildman–Crippen LogP) is 0.995. The molecule has 1 aliphatic heterocycles. The second-order valence-corrected chi connectivity index (χ2v) is 2.99. The van der Waals surface area contributed by atoms with Crippen LogP contribution < -0.4 is 5.32 Å². The van der Waals surface area contributed by atoms with Gasteiger partial charge in [-0.15, -0.1) is 0 Å². The zero-order valence-electron chi connectivity index (χ0n) is 6.92. The number of allylic oxidation sites excluding steroid dienone is 1. The number of nitrogens with one attached hydrogen (secondary N) is 1. The fraction of sp³-hybridized carbons (Fsp3) is 0.625. The molecule has 0 amide bonds. The summed E-state index contributed by atoms with van der Waals surface area (Å²) in [5.41, 5.74) is -0.464. The largest absolute Gasteiger partial charge is 0.540 e. The van der Waals surface area contributed by atoms with Gasteiger partial charge in [-0.1, -0.05) is 25.5 Å². The average molecular weight is 227 g/mol. The Bertz CT molecular complexity index is 169. The molecule has 0 saturated heterocycles. The Morgan fingerprint density at radius 3 is 2.73 bits per heavy atom. The minimum absolute atomic E-state index is 0. The van der Waals surface area contributed by atoms with Crippen LogP contribution in [0.25, 0.3) is 0 Å². The molecule has 11 heavy (non-hydrogen) atoms. The van der Waals surface area contributed by atoms with Crippen molar-refractivity contribution in [2.45, 2.75) is 25.8 Å². The van der Waals surface area contributed by atoms with Gasteiger partial charge in [0.2, 0.25) is 0 Å². The summed E-state index contributed by atoms with van der Waals surface area (Å²) in [7, 11) is 0. The van der Waals surface area contributed by atoms with E-state index in [-0.39, 0.29) is 32.7 Å². The molecule has 0 saturated carbocycles. The molecule has 2 atom stereocenters. The van der Waals surface area contributed by atoms with Crippen molar-refractivity contribution >= 4 is 6.29 Å². The van der Waals surface area contributed by atoms with Crippen LogP contribution in [0.5, 0.6) is 0 Å². The summed E-state index contributed by atoms with van der Waals surface area (Å²) in [6, 6.07) is 0. The van der Waals surface area contributed by atoms with Crippen LogP contribution in [0.15, 0.2) is 12.3 Å². The zero-order valence-corrected chi connectivity index (χ0v) is 9.76. The molecule has 2 nitrogen and oxygen atoms in total. The van der Waals surface area contributed by atoms with Crippen molar-refractivity contribution in [2.75, 3.05) is 0 Å². The number of carbonyl (C=O) groups excluding carboxylic acids is 1. The molecule has 1 heterocycles. The summed E-state index contributed by atoms with van der Waals surface area (Å²) in [5.74, 6) is 0.343. The summed E-state index contributed by atoms with van der Waals surface area (Å²) in [4.78, 5) is 10.5. The van der Waals surface area contributed by atoms with Crippen molar-refractivity contribution in [3.05, 3.63) is 12.3 Å². The number of hydrogen-bond donors (Lipinski definition) is 1. The smallest absolute Gasteiger partial charge is 0 e. The SMILES string of the molecule is CC1CC=CNC1(C)[C-]=O.[Y]. The Kier molecular flexibility index (Phi) is 4.49. The molecule has 1 rings (SSSR count). The quantitative estimate of drug-likeness (QED) is 0.677. The van der Waals surface area contributed by atoms with Crippen LogP contribution in [0, 0.1) is 5.92 Å². The second kappa shape index (κ2) is 4.37. The zero-order chi connectivity index (χ0) is 7.61. The molecule has 2 unspecified atom stereocenters. The van der Waals surface area contributed by atoms with Crippen molar-refractivity contribution in [1.29, 1.82) is 0 Å². The molecule has 3 heteroatoms. The van der Waals surface area contributed by atoms with Crippen LogP contribution in [0.2, 0.25) is 0 Å². The fourth-order valence-corrected chi connectivity index (χ4v) is 1.01. The molecule has 0 bridgehead atoms. The predicted molar refractivity (Wildman–Crippen MR) is 40.2 cm³/mol. The first-order valence-corrected chi connectivity index (χ1v) is 3.51. The molecule has 1 radical (unpaired) electrons. The maximum Gasteiger partial charge on any atom is 0 e. The van der Waals surface area contributed by atoms with Crippen molar-refractivity contribution in [1.82, 2.24) is 5.32 Å². The molecule has 59 valence electrons. The standard InChI is InChI=1S/C8H12NO.Y/c1-7-4-3-5-9-8(7,2)6-10;/h3,5,7,9H,4H2,1-2H3;/q-1;. The summed E-state index contributed by atoms with van der Waals surface area (Å²) in [5, 5.41) is 2.99. The van der Waals surface area contributed by atoms with E-state index in [1.165, 1.54) is 0 Å². The van der Waals surface area contributed by atoms with Crippen molar-refractivity contribution in [2.24, 2.45) is 5.92 Å². The van der Waals surface area contributed by atoms with Gasteiger partial charge < -0.3 is 10.1 Å². The first-order valence-electron chi connectivity index (χ1n) is 3.51. The molecule has 0 aromatic heterocycles. The summed E-state index contributed by atoms with van der Waals surface area (Å²) in [6.07, 6.45) is 6.83. The molecule has 1 aliphatic rings. The van der Waals surface area contributed by atoms with Gasteiger partial charge in [-0.2, -0.15) is 0 Å². The van der Waals surface area contributed by atoms with E-state index in [4.69, 9.17) is 0 Å². The molecule has 0 aromatic rings. The van der Waals surface area contributed by atoms with Gasteiger partial charge in [-0.3, -0.25) is 0 Å². The summed E-state index contributed by atoms with van der Waals surface area (Å²) >= 11 is 0. The van der Waals surface area contributed by atoms with E-state index in [0.29, 0.717) is 5.92 Å². The monoisotopic (exact) mass is 227 g/mol. The molecular weight excluding hydrogens is 215 g/mol. The van der Waals surface area contributed by atoms with E-state index in [1.54, 1.807) is 0 Å². The van der Waals surface area contributed by atoms with Crippen LogP contribution in [-0.2, 0) is 37.5 Å².